The molecule has 0 spiro atoms. The number of hydrogen-bond acceptors (Lipinski definition) is 5. The lowest BCUT2D eigenvalue weighted by molar-refractivity contribution is 0.590. The van der Waals surface area contributed by atoms with Crippen LogP contribution in [0, 0.1) is 0 Å². The van der Waals surface area contributed by atoms with Crippen molar-refractivity contribution in [1.29, 1.82) is 0 Å². The highest BCUT2D eigenvalue weighted by molar-refractivity contribution is 7.19. The number of benzene rings is 2. The number of aromatic nitrogens is 3. The number of pyridine rings is 3. The Morgan fingerprint density at radius 2 is 1.09 bits per heavy atom. The third-order valence-corrected chi connectivity index (χ3v) is 11.6. The molecule has 0 saturated carbocycles. The van der Waals surface area contributed by atoms with Crippen molar-refractivity contribution in [1.82, 2.24) is 15.0 Å². The van der Waals surface area contributed by atoms with Gasteiger partial charge in [0.25, 0.3) is 0 Å². The minimum Gasteiger partial charge on any atom is -0.302 e. The summed E-state index contributed by atoms with van der Waals surface area (Å²) < 4.78 is 0. The molecule has 0 atom stereocenters. The second-order valence-electron chi connectivity index (χ2n) is 16.6. The van der Waals surface area contributed by atoms with Gasteiger partial charge in [-0.2, -0.15) is 0 Å². The lowest BCUT2D eigenvalue weighted by Crippen LogP contribution is -2.14. The van der Waals surface area contributed by atoms with Crippen molar-refractivity contribution in [3.8, 4) is 33.2 Å². The second kappa shape index (κ2) is 16.8. The van der Waals surface area contributed by atoms with Crippen LogP contribution in [-0.2, 0) is 30.1 Å². The molecule has 54 heavy (non-hydrogen) atoms. The normalized spacial score (nSPS) is 11.9. The van der Waals surface area contributed by atoms with Crippen LogP contribution in [0.4, 0.5) is 16.4 Å². The molecule has 0 aliphatic carbocycles. The van der Waals surface area contributed by atoms with Crippen LogP contribution in [0.2, 0.25) is 0 Å². The maximum atomic E-state index is 5.14. The van der Waals surface area contributed by atoms with Crippen molar-refractivity contribution >= 4 is 27.7 Å². The van der Waals surface area contributed by atoms with E-state index in [2.05, 4.69) is 158 Å². The van der Waals surface area contributed by atoms with Gasteiger partial charge in [0.1, 0.15) is 5.00 Å². The van der Waals surface area contributed by atoms with Crippen molar-refractivity contribution in [3.05, 3.63) is 131 Å². The number of thiophene rings is 1. The third kappa shape index (κ3) is 9.18. The third-order valence-electron chi connectivity index (χ3n) is 10.4. The summed E-state index contributed by atoms with van der Waals surface area (Å²) in [6.07, 6.45) is 11.6. The van der Waals surface area contributed by atoms with Gasteiger partial charge in [0.05, 0.1) is 22.8 Å². The summed E-state index contributed by atoms with van der Waals surface area (Å²) >= 11 is 1.88. The fourth-order valence-corrected chi connectivity index (χ4v) is 8.14. The molecule has 4 nitrogen and oxygen atoms in total. The van der Waals surface area contributed by atoms with Crippen LogP contribution in [0.1, 0.15) is 116 Å². The number of aryl methyl sites for hydroxylation is 3. The zero-order valence-electron chi connectivity index (χ0n) is 34.0. The number of rotatable bonds is 13. The first-order valence-electron chi connectivity index (χ1n) is 19.9. The van der Waals surface area contributed by atoms with Crippen molar-refractivity contribution in [2.75, 3.05) is 4.90 Å². The Morgan fingerprint density at radius 3 is 1.63 bits per heavy atom. The molecule has 4 aromatic heterocycles. The number of hydrogen-bond donors (Lipinski definition) is 0. The maximum absolute atomic E-state index is 5.14. The van der Waals surface area contributed by atoms with E-state index >= 15 is 0 Å². The van der Waals surface area contributed by atoms with Crippen molar-refractivity contribution in [2.45, 2.75) is 118 Å². The first-order valence-corrected chi connectivity index (χ1v) is 20.8. The molecular formula is C49H58N4S. The summed E-state index contributed by atoms with van der Waals surface area (Å²) in [7, 11) is 0. The van der Waals surface area contributed by atoms with E-state index in [4.69, 9.17) is 15.0 Å². The molecule has 0 aliphatic heterocycles. The Hall–Kier alpha value is -4.61. The summed E-state index contributed by atoms with van der Waals surface area (Å²) in [6, 6.07) is 33.8. The molecule has 4 heterocycles. The highest BCUT2D eigenvalue weighted by Crippen LogP contribution is 2.46. The van der Waals surface area contributed by atoms with Crippen molar-refractivity contribution < 1.29 is 0 Å². The molecule has 0 unspecified atom stereocenters. The Balaban J connectivity index is 1.46. The Labute approximate surface area is 328 Å². The van der Waals surface area contributed by atoms with E-state index < -0.39 is 0 Å². The lowest BCUT2D eigenvalue weighted by Gasteiger charge is -2.28. The van der Waals surface area contributed by atoms with E-state index in [1.54, 1.807) is 0 Å². The van der Waals surface area contributed by atoms with Gasteiger partial charge in [-0.25, -0.2) is 4.98 Å². The van der Waals surface area contributed by atoms with E-state index in [9.17, 15) is 0 Å². The van der Waals surface area contributed by atoms with Gasteiger partial charge in [0.2, 0.25) is 0 Å². The molecule has 6 aromatic rings. The standard InChI is InChI=1S/C49H58N4S/c1-10-13-14-15-16-37-33-46(36-26-28-51-43(32-36)45-31-35(12-3)30-44(52-45)42-29-34(11-2)25-27-50-42)54-47(37)53(40-21-17-38(18-22-40)48(4,5)6)41-23-19-39(20-24-41)49(7,8)9/h17-33H,10-16H2,1-9H3. The molecule has 5 heteroatoms. The Kier molecular flexibility index (Phi) is 12.2. The molecule has 0 radical (unpaired) electrons. The molecule has 0 saturated heterocycles. The van der Waals surface area contributed by atoms with Gasteiger partial charge in [-0.15, -0.1) is 11.3 Å². The van der Waals surface area contributed by atoms with E-state index in [1.807, 2.05) is 23.7 Å². The summed E-state index contributed by atoms with van der Waals surface area (Å²) in [5.74, 6) is 0. The van der Waals surface area contributed by atoms with Gasteiger partial charge in [-0.3, -0.25) is 9.97 Å². The van der Waals surface area contributed by atoms with Crippen LogP contribution in [0.15, 0.2) is 103 Å². The fourth-order valence-electron chi connectivity index (χ4n) is 6.89. The van der Waals surface area contributed by atoms with Crippen molar-refractivity contribution in [3.63, 3.8) is 0 Å². The highest BCUT2D eigenvalue weighted by atomic mass is 32.1. The van der Waals surface area contributed by atoms with Gasteiger partial charge in [0, 0.05) is 28.6 Å². The van der Waals surface area contributed by atoms with Gasteiger partial charge in [-0.05, 0) is 137 Å². The Morgan fingerprint density at radius 1 is 0.556 bits per heavy atom. The number of anilines is 3. The van der Waals surface area contributed by atoms with Crippen LogP contribution in [0.25, 0.3) is 33.2 Å². The average Bonchev–Trinajstić information content (AvgIpc) is 3.59. The summed E-state index contributed by atoms with van der Waals surface area (Å²) in [5.41, 5.74) is 13.8. The van der Waals surface area contributed by atoms with Gasteiger partial charge in [-0.1, -0.05) is 106 Å². The second-order valence-corrected chi connectivity index (χ2v) is 17.6. The molecule has 0 amide bonds. The first kappa shape index (κ1) is 39.1. The molecule has 6 rings (SSSR count). The maximum Gasteiger partial charge on any atom is 0.104 e. The van der Waals surface area contributed by atoms with Gasteiger partial charge >= 0.3 is 0 Å². The molecule has 280 valence electrons. The average molecular weight is 735 g/mol. The number of unbranched alkanes of at least 4 members (excludes halogenated alkanes) is 3. The highest BCUT2D eigenvalue weighted by Gasteiger charge is 2.23. The van der Waals surface area contributed by atoms with Crippen LogP contribution in [-0.4, -0.2) is 15.0 Å². The van der Waals surface area contributed by atoms with Crippen LogP contribution in [0.5, 0.6) is 0 Å². The zero-order chi connectivity index (χ0) is 38.5. The van der Waals surface area contributed by atoms with Crippen molar-refractivity contribution in [2.24, 2.45) is 0 Å². The largest absolute Gasteiger partial charge is 0.302 e. The Bertz CT molecular complexity index is 2090. The SMILES string of the molecule is CCCCCCc1cc(-c2ccnc(-c3cc(CC)cc(-c4cc(CC)ccn4)n3)c2)sc1N(c1ccc(C(C)(C)C)cc1)c1ccc(C(C)(C)C)cc1. The molecular weight excluding hydrogens is 677 g/mol. The minimum absolute atomic E-state index is 0.0830. The minimum atomic E-state index is 0.0830. The van der Waals surface area contributed by atoms with E-state index in [0.29, 0.717) is 0 Å². The predicted octanol–water partition coefficient (Wildman–Crippen LogP) is 14.2. The quantitative estimate of drug-likeness (QED) is 0.111. The molecule has 0 N–H and O–H groups in total. The van der Waals surface area contributed by atoms with Crippen LogP contribution in [0.3, 0.4) is 0 Å². The van der Waals surface area contributed by atoms with E-state index in [-0.39, 0.29) is 10.8 Å². The van der Waals surface area contributed by atoms with E-state index in [0.717, 1.165) is 47.6 Å². The monoisotopic (exact) mass is 734 g/mol. The molecule has 0 aliphatic rings. The fraction of sp³-hybridized carbons (Fsp3) is 0.367. The first-order chi connectivity index (χ1) is 25.9. The van der Waals surface area contributed by atoms with Gasteiger partial charge < -0.3 is 4.90 Å². The van der Waals surface area contributed by atoms with Crippen LogP contribution >= 0.6 is 11.3 Å². The zero-order valence-corrected chi connectivity index (χ0v) is 34.8. The predicted molar refractivity (Wildman–Crippen MR) is 233 cm³/mol. The number of nitrogens with zero attached hydrogens (tertiary/aromatic N) is 4. The summed E-state index contributed by atoms with van der Waals surface area (Å²) in [4.78, 5) is 18.4. The summed E-state index contributed by atoms with van der Waals surface area (Å²) in [5, 5.41) is 1.28. The van der Waals surface area contributed by atoms with Gasteiger partial charge in [0.15, 0.2) is 0 Å². The molecule has 0 fully saturated rings. The van der Waals surface area contributed by atoms with E-state index in [1.165, 1.54) is 74.8 Å². The summed E-state index contributed by atoms with van der Waals surface area (Å²) in [6.45, 7) is 20.3. The van der Waals surface area contributed by atoms with Crippen LogP contribution < -0.4 is 4.90 Å². The smallest absolute Gasteiger partial charge is 0.104 e. The molecule has 2 aromatic carbocycles. The lowest BCUT2D eigenvalue weighted by atomic mass is 9.86. The topological polar surface area (TPSA) is 41.9 Å². The molecule has 0 bridgehead atoms.